The maximum atomic E-state index is 12.8. The Bertz CT molecular complexity index is 1130. The highest BCUT2D eigenvalue weighted by atomic mass is 16.5. The molecule has 1 aromatic carbocycles. The van der Waals surface area contributed by atoms with Crippen LogP contribution in [-0.2, 0) is 0 Å². The van der Waals surface area contributed by atoms with Gasteiger partial charge in [-0.15, -0.1) is 0 Å². The number of aryl methyl sites for hydroxylation is 1. The number of nitrogens with zero attached hydrogens (tertiary/aromatic N) is 2. The molecule has 2 heterocycles. The minimum atomic E-state index is -1.05. The van der Waals surface area contributed by atoms with Crippen LogP contribution in [0.2, 0.25) is 0 Å². The first-order valence-corrected chi connectivity index (χ1v) is 11.4. The molecular weight excluding hydrogens is 422 g/mol. The molecule has 3 N–H and O–H groups in total. The van der Waals surface area contributed by atoms with Gasteiger partial charge >= 0.3 is 0 Å². The van der Waals surface area contributed by atoms with E-state index in [0.717, 1.165) is 31.4 Å². The first-order valence-electron chi connectivity index (χ1n) is 11.4. The lowest BCUT2D eigenvalue weighted by Crippen LogP contribution is -2.28. The predicted octanol–water partition coefficient (Wildman–Crippen LogP) is 4.20. The molecule has 1 fully saturated rings. The zero-order chi connectivity index (χ0) is 23.6. The Hall–Kier alpha value is -2.97. The third kappa shape index (κ3) is 5.69. The number of aromatic nitrogens is 2. The van der Waals surface area contributed by atoms with Gasteiger partial charge in [0.2, 0.25) is 0 Å². The van der Waals surface area contributed by atoms with E-state index in [0.29, 0.717) is 40.0 Å². The molecule has 0 aliphatic heterocycles. The van der Waals surface area contributed by atoms with Gasteiger partial charge in [0.1, 0.15) is 23.6 Å². The number of aliphatic hydroxyl groups excluding tert-OH is 1. The van der Waals surface area contributed by atoms with Crippen LogP contribution in [0.3, 0.4) is 0 Å². The van der Waals surface area contributed by atoms with E-state index < -0.39 is 5.60 Å². The number of amides is 1. The van der Waals surface area contributed by atoms with Crippen LogP contribution >= 0.6 is 0 Å². The summed E-state index contributed by atoms with van der Waals surface area (Å²) >= 11 is 0. The van der Waals surface area contributed by atoms with E-state index in [9.17, 15) is 15.0 Å². The molecule has 0 bridgehead atoms. The van der Waals surface area contributed by atoms with Gasteiger partial charge in [0, 0.05) is 30.4 Å². The van der Waals surface area contributed by atoms with Gasteiger partial charge in [-0.1, -0.05) is 6.07 Å². The lowest BCUT2D eigenvalue weighted by molar-refractivity contribution is 0.0288. The summed E-state index contributed by atoms with van der Waals surface area (Å²) in [7, 11) is 0. The maximum Gasteiger partial charge on any atom is 0.274 e. The van der Waals surface area contributed by atoms with Crippen molar-refractivity contribution >= 4 is 22.7 Å². The van der Waals surface area contributed by atoms with Crippen molar-refractivity contribution in [1.82, 2.24) is 9.97 Å². The number of ether oxygens (including phenoxy) is 1. The quantitative estimate of drug-likeness (QED) is 0.491. The van der Waals surface area contributed by atoms with Crippen LogP contribution in [0.25, 0.3) is 11.1 Å². The van der Waals surface area contributed by atoms with Crippen LogP contribution in [0, 0.1) is 12.8 Å². The van der Waals surface area contributed by atoms with Crippen molar-refractivity contribution in [2.45, 2.75) is 58.0 Å². The average Bonchev–Trinajstić information content (AvgIpc) is 3.20. The minimum Gasteiger partial charge on any atom is -0.488 e. The number of nitrogens with one attached hydrogen (secondary N) is 1. The first-order chi connectivity index (χ1) is 15.7. The summed E-state index contributed by atoms with van der Waals surface area (Å²) in [6.07, 6.45) is 3.74. The molecule has 4 rings (SSSR count). The number of aliphatic hydroxyl groups is 2. The average molecular weight is 454 g/mol. The van der Waals surface area contributed by atoms with E-state index in [-0.39, 0.29) is 25.0 Å². The molecule has 0 saturated heterocycles. The number of anilines is 1. The summed E-state index contributed by atoms with van der Waals surface area (Å²) in [4.78, 5) is 21.8. The largest absolute Gasteiger partial charge is 0.488 e. The minimum absolute atomic E-state index is 0.0416. The lowest BCUT2D eigenvalue weighted by atomic mass is 9.82. The first kappa shape index (κ1) is 23.2. The molecule has 1 amide bonds. The van der Waals surface area contributed by atoms with E-state index in [1.54, 1.807) is 38.1 Å². The number of carbonyl (C=O) groups excluding carboxylic acids is 1. The van der Waals surface area contributed by atoms with E-state index in [1.807, 2.05) is 13.0 Å². The topological polar surface area (TPSA) is 118 Å². The van der Waals surface area contributed by atoms with E-state index in [1.165, 1.54) is 0 Å². The summed E-state index contributed by atoms with van der Waals surface area (Å²) in [5, 5.41) is 22.4. The fourth-order valence-electron chi connectivity index (χ4n) is 4.07. The molecule has 1 saturated carbocycles. The third-order valence-electron chi connectivity index (χ3n) is 5.91. The Kier molecular flexibility index (Phi) is 6.67. The van der Waals surface area contributed by atoms with Crippen LogP contribution in [0.4, 0.5) is 5.69 Å². The molecule has 0 spiro atoms. The second-order valence-electron chi connectivity index (χ2n) is 9.49. The smallest absolute Gasteiger partial charge is 0.274 e. The summed E-state index contributed by atoms with van der Waals surface area (Å²) in [6, 6.07) is 8.68. The standard InChI is InChI=1S/C25H31N3O5/c1-15-5-4-6-18(26-15)23(30)27-19-12-22-20(11-21(19)32-14-25(2,3)31)28-24(33-22)17-9-7-16(13-29)8-10-17/h4-6,11-12,16-17,29,31H,7-10,13-14H2,1-3H3,(H,27,30)/t16-,17-. The van der Waals surface area contributed by atoms with E-state index >= 15 is 0 Å². The predicted molar refractivity (Wildman–Crippen MR) is 125 cm³/mol. The number of oxazole rings is 1. The van der Waals surface area contributed by atoms with Gasteiger partial charge in [-0.2, -0.15) is 0 Å². The van der Waals surface area contributed by atoms with Gasteiger partial charge in [-0.25, -0.2) is 9.97 Å². The van der Waals surface area contributed by atoms with Crippen molar-refractivity contribution in [3.05, 3.63) is 47.6 Å². The van der Waals surface area contributed by atoms with Crippen LogP contribution < -0.4 is 10.1 Å². The number of hydrogen-bond donors (Lipinski definition) is 3. The maximum absolute atomic E-state index is 12.8. The SMILES string of the molecule is Cc1cccc(C(=O)Nc2cc3oc([C@H]4CC[C@H](CO)CC4)nc3cc2OCC(C)(C)O)n1. The molecule has 0 radical (unpaired) electrons. The Morgan fingerprint density at radius 2 is 1.97 bits per heavy atom. The second-order valence-corrected chi connectivity index (χ2v) is 9.49. The van der Waals surface area contributed by atoms with Crippen LogP contribution in [-0.4, -0.2) is 44.9 Å². The van der Waals surface area contributed by atoms with Gasteiger partial charge in [-0.05, 0) is 64.5 Å². The zero-order valence-corrected chi connectivity index (χ0v) is 19.3. The Balaban J connectivity index is 1.63. The van der Waals surface area contributed by atoms with Gasteiger partial charge in [0.15, 0.2) is 11.5 Å². The number of fused-ring (bicyclic) bond motifs is 1. The van der Waals surface area contributed by atoms with Crippen molar-refractivity contribution in [3.63, 3.8) is 0 Å². The lowest BCUT2D eigenvalue weighted by Gasteiger charge is -2.24. The molecule has 1 aliphatic carbocycles. The molecule has 1 aliphatic rings. The van der Waals surface area contributed by atoms with E-state index in [4.69, 9.17) is 9.15 Å². The van der Waals surface area contributed by atoms with Crippen molar-refractivity contribution in [1.29, 1.82) is 0 Å². The Morgan fingerprint density at radius 1 is 1.21 bits per heavy atom. The highest BCUT2D eigenvalue weighted by molar-refractivity contribution is 6.04. The van der Waals surface area contributed by atoms with Crippen molar-refractivity contribution in [2.75, 3.05) is 18.5 Å². The highest BCUT2D eigenvalue weighted by Crippen LogP contribution is 2.38. The van der Waals surface area contributed by atoms with Gasteiger partial charge in [0.25, 0.3) is 5.91 Å². The molecule has 0 atom stereocenters. The monoisotopic (exact) mass is 453 g/mol. The Labute approximate surface area is 193 Å². The van der Waals surface area contributed by atoms with Crippen LogP contribution in [0.1, 0.15) is 67.5 Å². The zero-order valence-electron chi connectivity index (χ0n) is 19.3. The molecule has 8 nitrogen and oxygen atoms in total. The normalized spacial score (nSPS) is 18.9. The van der Waals surface area contributed by atoms with Crippen molar-refractivity contribution in [2.24, 2.45) is 5.92 Å². The van der Waals surface area contributed by atoms with Crippen LogP contribution in [0.15, 0.2) is 34.7 Å². The molecule has 2 aromatic heterocycles. The summed E-state index contributed by atoms with van der Waals surface area (Å²) in [5.74, 6) is 1.25. The van der Waals surface area contributed by atoms with Crippen molar-refractivity contribution in [3.8, 4) is 5.75 Å². The van der Waals surface area contributed by atoms with Crippen LogP contribution in [0.5, 0.6) is 5.75 Å². The molecular formula is C25H31N3O5. The molecule has 8 heteroatoms. The summed E-state index contributed by atoms with van der Waals surface area (Å²) in [6.45, 7) is 5.39. The number of hydrogen-bond acceptors (Lipinski definition) is 7. The van der Waals surface area contributed by atoms with Gasteiger partial charge in [-0.3, -0.25) is 4.79 Å². The second kappa shape index (κ2) is 9.49. The summed E-state index contributed by atoms with van der Waals surface area (Å²) in [5.41, 5.74) is 1.60. The van der Waals surface area contributed by atoms with E-state index in [2.05, 4.69) is 15.3 Å². The highest BCUT2D eigenvalue weighted by Gasteiger charge is 2.26. The third-order valence-corrected chi connectivity index (χ3v) is 5.91. The van der Waals surface area contributed by atoms with Gasteiger partial charge in [0.05, 0.1) is 11.3 Å². The fourth-order valence-corrected chi connectivity index (χ4v) is 4.07. The number of carbonyl (C=O) groups is 1. The molecule has 0 unspecified atom stereocenters. The number of rotatable bonds is 7. The fraction of sp³-hybridized carbons (Fsp3) is 0.480. The number of benzene rings is 1. The molecule has 33 heavy (non-hydrogen) atoms. The van der Waals surface area contributed by atoms with Crippen molar-refractivity contribution < 1.29 is 24.2 Å². The molecule has 3 aromatic rings. The van der Waals surface area contributed by atoms with Gasteiger partial charge < -0.3 is 24.7 Å². The number of pyridine rings is 1. The Morgan fingerprint density at radius 3 is 2.64 bits per heavy atom. The molecule has 176 valence electrons. The summed E-state index contributed by atoms with van der Waals surface area (Å²) < 4.78 is 11.9.